The highest BCUT2D eigenvalue weighted by atomic mass is 16.7. The molecule has 0 saturated carbocycles. The minimum atomic E-state index is -1.40. The second kappa shape index (κ2) is 17.9. The molecular formula is C26H50O6. The zero-order valence-electron chi connectivity index (χ0n) is 20.7. The maximum Gasteiger partial charge on any atom is 0.186 e. The summed E-state index contributed by atoms with van der Waals surface area (Å²) in [4.78, 5) is 0. The molecule has 190 valence electrons. The fraction of sp³-hybridized carbons (Fsp3) is 0.923. The van der Waals surface area contributed by atoms with Crippen molar-refractivity contribution in [1.29, 1.82) is 0 Å². The van der Waals surface area contributed by atoms with Gasteiger partial charge in [0.15, 0.2) is 6.29 Å². The van der Waals surface area contributed by atoms with Crippen LogP contribution in [0.25, 0.3) is 0 Å². The molecule has 1 aliphatic heterocycles. The maximum absolute atomic E-state index is 10.3. The lowest BCUT2D eigenvalue weighted by molar-refractivity contribution is -0.312. The number of rotatable bonds is 18. The number of unbranched alkanes of at least 4 members (excludes halogenated alkanes) is 6. The van der Waals surface area contributed by atoms with Crippen molar-refractivity contribution in [3.05, 3.63) is 12.2 Å². The quantitative estimate of drug-likeness (QED) is 0.179. The number of ether oxygens (including phenoxy) is 2. The van der Waals surface area contributed by atoms with Gasteiger partial charge in [0.1, 0.15) is 24.4 Å². The summed E-state index contributed by atoms with van der Waals surface area (Å²) >= 11 is 0. The summed E-state index contributed by atoms with van der Waals surface area (Å²) in [5.41, 5.74) is 0. The highest BCUT2D eigenvalue weighted by Gasteiger charge is 2.44. The molecule has 6 nitrogen and oxygen atoms in total. The summed E-state index contributed by atoms with van der Waals surface area (Å²) in [5.74, 6) is 0.667. The number of hydrogen-bond acceptors (Lipinski definition) is 6. The van der Waals surface area contributed by atoms with E-state index in [9.17, 15) is 20.4 Å². The Kier molecular flexibility index (Phi) is 16.5. The van der Waals surface area contributed by atoms with Gasteiger partial charge in [0, 0.05) is 0 Å². The van der Waals surface area contributed by atoms with Crippen LogP contribution in [0.4, 0.5) is 0 Å². The largest absolute Gasteiger partial charge is 0.394 e. The lowest BCUT2D eigenvalue weighted by atomic mass is 9.97. The normalized spacial score (nSPS) is 28.3. The van der Waals surface area contributed by atoms with Gasteiger partial charge in [-0.2, -0.15) is 0 Å². The first-order chi connectivity index (χ1) is 15.4. The third-order valence-corrected chi connectivity index (χ3v) is 6.64. The summed E-state index contributed by atoms with van der Waals surface area (Å²) in [6.07, 6.45) is 13.1. The van der Waals surface area contributed by atoms with Gasteiger partial charge in [0.2, 0.25) is 0 Å². The van der Waals surface area contributed by atoms with Crippen molar-refractivity contribution in [2.24, 2.45) is 5.92 Å². The molecule has 0 aliphatic carbocycles. The highest BCUT2D eigenvalue weighted by molar-refractivity contribution is 4.89. The maximum atomic E-state index is 10.3. The number of allylic oxidation sites excluding steroid dienone is 2. The Morgan fingerprint density at radius 2 is 1.50 bits per heavy atom. The van der Waals surface area contributed by atoms with E-state index in [1.807, 2.05) is 0 Å². The molecule has 0 radical (unpaired) electrons. The van der Waals surface area contributed by atoms with Crippen molar-refractivity contribution in [2.75, 3.05) is 6.61 Å². The van der Waals surface area contributed by atoms with Crippen LogP contribution in [-0.4, -0.2) is 63.8 Å². The Bertz CT molecular complexity index is 469. The molecule has 0 aromatic rings. The first-order valence-electron chi connectivity index (χ1n) is 13.0. The molecule has 32 heavy (non-hydrogen) atoms. The zero-order chi connectivity index (χ0) is 23.8. The van der Waals surface area contributed by atoms with Crippen molar-refractivity contribution in [2.45, 2.75) is 141 Å². The second-order valence-corrected chi connectivity index (χ2v) is 9.50. The van der Waals surface area contributed by atoms with Crippen LogP contribution < -0.4 is 0 Å². The minimum Gasteiger partial charge on any atom is -0.394 e. The van der Waals surface area contributed by atoms with Crippen LogP contribution in [0.1, 0.15) is 104 Å². The molecule has 6 heteroatoms. The number of aliphatic hydroxyl groups excluding tert-OH is 4. The van der Waals surface area contributed by atoms with Crippen LogP contribution in [0.15, 0.2) is 12.2 Å². The Hall–Kier alpha value is -0.500. The molecule has 1 rings (SSSR count). The van der Waals surface area contributed by atoms with Crippen LogP contribution >= 0.6 is 0 Å². The standard InChI is InChI=1S/C26H50O6/c1-4-6-7-8-9-10-11-12-13-14-17-21(18-15-16-20(3)5-2)31-26-25(30)24(29)23(28)22(19-27)32-26/h12-13,20-30H,4-11,14-19H2,1-3H3/b13-12-/t20?,21?,22-,23-,24+,25-,26?/m1/s1. The van der Waals surface area contributed by atoms with Crippen molar-refractivity contribution in [3.8, 4) is 0 Å². The first-order valence-corrected chi connectivity index (χ1v) is 13.0. The van der Waals surface area contributed by atoms with Crippen molar-refractivity contribution in [1.82, 2.24) is 0 Å². The predicted molar refractivity (Wildman–Crippen MR) is 128 cm³/mol. The van der Waals surface area contributed by atoms with Gasteiger partial charge < -0.3 is 29.9 Å². The van der Waals surface area contributed by atoms with Crippen molar-refractivity contribution < 1.29 is 29.9 Å². The third-order valence-electron chi connectivity index (χ3n) is 6.64. The van der Waals surface area contributed by atoms with Gasteiger partial charge >= 0.3 is 0 Å². The van der Waals surface area contributed by atoms with Gasteiger partial charge in [-0.3, -0.25) is 0 Å². The molecular weight excluding hydrogens is 408 g/mol. The van der Waals surface area contributed by atoms with E-state index in [4.69, 9.17) is 9.47 Å². The van der Waals surface area contributed by atoms with Crippen LogP contribution in [0, 0.1) is 5.92 Å². The molecule has 1 saturated heterocycles. The smallest absolute Gasteiger partial charge is 0.186 e. The molecule has 3 unspecified atom stereocenters. The minimum absolute atomic E-state index is 0.112. The number of aliphatic hydroxyl groups is 4. The molecule has 0 bridgehead atoms. The van der Waals surface area contributed by atoms with E-state index in [0.717, 1.165) is 44.9 Å². The van der Waals surface area contributed by atoms with Crippen molar-refractivity contribution >= 4 is 0 Å². The van der Waals surface area contributed by atoms with E-state index in [-0.39, 0.29) is 6.10 Å². The Morgan fingerprint density at radius 3 is 2.19 bits per heavy atom. The number of hydrogen-bond donors (Lipinski definition) is 4. The Balaban J connectivity index is 2.49. The van der Waals surface area contributed by atoms with Crippen LogP contribution in [-0.2, 0) is 9.47 Å². The van der Waals surface area contributed by atoms with Crippen molar-refractivity contribution in [3.63, 3.8) is 0 Å². The Morgan fingerprint density at radius 1 is 0.812 bits per heavy atom. The SMILES string of the molecule is CCCCCCCC/C=C\CCC(CCCC(C)CC)OC1O[C@H](CO)[C@@H](O)[C@H](O)[C@H]1O. The zero-order valence-corrected chi connectivity index (χ0v) is 20.7. The van der Waals surface area contributed by atoms with Crippen LogP contribution in [0.5, 0.6) is 0 Å². The van der Waals surface area contributed by atoms with Gasteiger partial charge in [0.25, 0.3) is 0 Å². The van der Waals surface area contributed by atoms with Gasteiger partial charge in [-0.05, 0) is 38.0 Å². The van der Waals surface area contributed by atoms with Gasteiger partial charge in [-0.15, -0.1) is 0 Å². The Labute approximate surface area is 196 Å². The van der Waals surface area contributed by atoms with Gasteiger partial charge in [0.05, 0.1) is 12.7 Å². The fourth-order valence-electron chi connectivity index (χ4n) is 4.11. The van der Waals surface area contributed by atoms with E-state index < -0.39 is 37.3 Å². The molecule has 4 N–H and O–H groups in total. The lowest BCUT2D eigenvalue weighted by Gasteiger charge is -2.41. The molecule has 0 spiro atoms. The summed E-state index contributed by atoms with van der Waals surface area (Å²) in [7, 11) is 0. The molecule has 7 atom stereocenters. The summed E-state index contributed by atoms with van der Waals surface area (Å²) in [6, 6.07) is 0. The van der Waals surface area contributed by atoms with E-state index in [1.165, 1.54) is 38.5 Å². The predicted octanol–water partition coefficient (Wildman–Crippen LogP) is 4.47. The molecule has 1 aliphatic rings. The third kappa shape index (κ3) is 11.6. The van der Waals surface area contributed by atoms with Crippen LogP contribution in [0.3, 0.4) is 0 Å². The van der Waals surface area contributed by atoms with E-state index >= 15 is 0 Å². The molecule has 0 aromatic carbocycles. The fourth-order valence-corrected chi connectivity index (χ4v) is 4.11. The van der Waals surface area contributed by atoms with E-state index in [0.29, 0.717) is 5.92 Å². The van der Waals surface area contributed by atoms with Gasteiger partial charge in [-0.1, -0.05) is 84.3 Å². The highest BCUT2D eigenvalue weighted by Crippen LogP contribution is 2.26. The summed E-state index contributed by atoms with van der Waals surface area (Å²) in [5, 5.41) is 39.7. The summed E-state index contributed by atoms with van der Waals surface area (Å²) in [6.45, 7) is 6.24. The molecule has 1 fully saturated rings. The monoisotopic (exact) mass is 458 g/mol. The average Bonchev–Trinajstić information content (AvgIpc) is 2.80. The lowest BCUT2D eigenvalue weighted by Crippen LogP contribution is -2.59. The van der Waals surface area contributed by atoms with E-state index in [2.05, 4.69) is 32.9 Å². The molecule has 0 amide bonds. The molecule has 0 aromatic heterocycles. The van der Waals surface area contributed by atoms with Gasteiger partial charge in [-0.25, -0.2) is 0 Å². The van der Waals surface area contributed by atoms with Crippen LogP contribution in [0.2, 0.25) is 0 Å². The molecule has 1 heterocycles. The average molecular weight is 459 g/mol. The summed E-state index contributed by atoms with van der Waals surface area (Å²) < 4.78 is 11.6. The topological polar surface area (TPSA) is 99.4 Å². The first kappa shape index (κ1) is 29.5. The second-order valence-electron chi connectivity index (χ2n) is 9.50. The van der Waals surface area contributed by atoms with E-state index in [1.54, 1.807) is 0 Å².